The van der Waals surface area contributed by atoms with E-state index in [1.807, 2.05) is 0 Å². The lowest BCUT2D eigenvalue weighted by atomic mass is 9.89. The van der Waals surface area contributed by atoms with Crippen LogP contribution in [0.1, 0.15) is 71.8 Å². The average molecular weight is 296 g/mol. The van der Waals surface area contributed by atoms with E-state index < -0.39 is 0 Å². The molecular weight excluding hydrogens is 268 g/mol. The van der Waals surface area contributed by atoms with Gasteiger partial charge in [-0.2, -0.15) is 10.2 Å². The van der Waals surface area contributed by atoms with Crippen molar-refractivity contribution < 1.29 is 0 Å². The molecule has 0 radical (unpaired) electrons. The fourth-order valence-corrected chi connectivity index (χ4v) is 3.19. The van der Waals surface area contributed by atoms with Crippen molar-refractivity contribution in [3.63, 3.8) is 0 Å². The number of hydrogen-bond donors (Lipinski definition) is 0. The minimum absolute atomic E-state index is 0.428. The summed E-state index contributed by atoms with van der Waals surface area (Å²) >= 11 is 0. The molecule has 0 N–H and O–H groups in total. The molecule has 2 rings (SSSR count). The van der Waals surface area contributed by atoms with Crippen LogP contribution >= 0.6 is 0 Å². The highest BCUT2D eigenvalue weighted by atomic mass is 15.1. The maximum Gasteiger partial charge on any atom is 0.0688 e. The van der Waals surface area contributed by atoms with Crippen LogP contribution in [0.4, 0.5) is 0 Å². The summed E-state index contributed by atoms with van der Waals surface area (Å²) in [5.41, 5.74) is 8.96. The normalized spacial score (nSPS) is 12.7. The van der Waals surface area contributed by atoms with E-state index >= 15 is 0 Å². The second-order valence-electron chi connectivity index (χ2n) is 6.90. The number of aromatic nitrogens is 2. The molecule has 22 heavy (non-hydrogen) atoms. The molecular formula is C20H28N2. The Morgan fingerprint density at radius 3 is 2.18 bits per heavy atom. The summed E-state index contributed by atoms with van der Waals surface area (Å²) in [5.74, 6) is 0.884. The Balaban J connectivity index is 2.29. The quantitative estimate of drug-likeness (QED) is 0.777. The number of hydrogen-bond acceptors (Lipinski definition) is 2. The van der Waals surface area contributed by atoms with Crippen LogP contribution in [-0.4, -0.2) is 10.2 Å². The van der Waals surface area contributed by atoms with Crippen LogP contribution < -0.4 is 0 Å². The Kier molecular flexibility index (Phi) is 5.00. The third-order valence-electron chi connectivity index (χ3n) is 4.66. The summed E-state index contributed by atoms with van der Waals surface area (Å²) in [7, 11) is 0. The SMILES string of the molecule is Cc1ccc([C@H](C)Cc2nnc(C(C)C)c(C)c2C)c(C)c1. The molecule has 0 fully saturated rings. The van der Waals surface area contributed by atoms with Gasteiger partial charge in [0.05, 0.1) is 11.4 Å². The first kappa shape index (κ1) is 16.7. The van der Waals surface area contributed by atoms with E-state index in [0.29, 0.717) is 11.8 Å². The summed E-state index contributed by atoms with van der Waals surface area (Å²) in [5, 5.41) is 8.99. The molecule has 0 aliphatic heterocycles. The summed E-state index contributed by atoms with van der Waals surface area (Å²) in [4.78, 5) is 0. The molecule has 2 aromatic rings. The first-order valence-corrected chi connectivity index (χ1v) is 8.21. The average Bonchev–Trinajstić information content (AvgIpc) is 2.43. The maximum absolute atomic E-state index is 4.52. The zero-order chi connectivity index (χ0) is 16.4. The monoisotopic (exact) mass is 296 g/mol. The van der Waals surface area contributed by atoms with E-state index in [0.717, 1.165) is 17.8 Å². The number of nitrogens with zero attached hydrogens (tertiary/aromatic N) is 2. The molecule has 118 valence electrons. The maximum atomic E-state index is 4.52. The Bertz CT molecular complexity index is 672. The van der Waals surface area contributed by atoms with Crippen molar-refractivity contribution in [2.24, 2.45) is 0 Å². The first-order chi connectivity index (χ1) is 10.3. The van der Waals surface area contributed by atoms with Gasteiger partial charge in [0.1, 0.15) is 0 Å². The third-order valence-corrected chi connectivity index (χ3v) is 4.66. The highest BCUT2D eigenvalue weighted by Gasteiger charge is 2.16. The zero-order valence-corrected chi connectivity index (χ0v) is 15.0. The first-order valence-electron chi connectivity index (χ1n) is 8.21. The van der Waals surface area contributed by atoms with Crippen LogP contribution in [0.25, 0.3) is 0 Å². The van der Waals surface area contributed by atoms with Gasteiger partial charge in [-0.3, -0.25) is 0 Å². The van der Waals surface area contributed by atoms with Crippen molar-refractivity contribution in [3.8, 4) is 0 Å². The topological polar surface area (TPSA) is 25.8 Å². The van der Waals surface area contributed by atoms with Crippen LogP contribution in [0.2, 0.25) is 0 Å². The molecule has 1 atom stereocenters. The van der Waals surface area contributed by atoms with E-state index in [-0.39, 0.29) is 0 Å². The fourth-order valence-electron chi connectivity index (χ4n) is 3.19. The summed E-state index contributed by atoms with van der Waals surface area (Å²) < 4.78 is 0. The van der Waals surface area contributed by atoms with Crippen LogP contribution in [0.3, 0.4) is 0 Å². The Morgan fingerprint density at radius 2 is 1.59 bits per heavy atom. The van der Waals surface area contributed by atoms with Crippen molar-refractivity contribution in [3.05, 3.63) is 57.4 Å². The van der Waals surface area contributed by atoms with Gasteiger partial charge >= 0.3 is 0 Å². The molecule has 2 nitrogen and oxygen atoms in total. The molecule has 0 bridgehead atoms. The lowest BCUT2D eigenvalue weighted by Crippen LogP contribution is -2.10. The minimum atomic E-state index is 0.428. The van der Waals surface area contributed by atoms with Gasteiger partial charge in [0.25, 0.3) is 0 Å². The Labute approximate surface area is 135 Å². The lowest BCUT2D eigenvalue weighted by Gasteiger charge is -2.18. The number of rotatable bonds is 4. The second-order valence-corrected chi connectivity index (χ2v) is 6.90. The van der Waals surface area contributed by atoms with Crippen molar-refractivity contribution in [2.75, 3.05) is 0 Å². The van der Waals surface area contributed by atoms with Crippen molar-refractivity contribution in [2.45, 2.75) is 66.7 Å². The number of benzene rings is 1. The van der Waals surface area contributed by atoms with E-state index in [1.54, 1.807) is 0 Å². The molecule has 1 aromatic heterocycles. The molecule has 0 saturated carbocycles. The van der Waals surface area contributed by atoms with Crippen LogP contribution in [0.15, 0.2) is 18.2 Å². The predicted octanol–water partition coefficient (Wildman–Crippen LogP) is 5.18. The van der Waals surface area contributed by atoms with E-state index in [1.165, 1.54) is 27.8 Å². The van der Waals surface area contributed by atoms with Crippen molar-refractivity contribution >= 4 is 0 Å². The standard InChI is InChI=1S/C20H28N2/c1-12(2)20-17(7)16(6)19(21-22-20)11-15(5)18-9-8-13(3)10-14(18)4/h8-10,12,15H,11H2,1-7H3/t15-/m1/s1. The highest BCUT2D eigenvalue weighted by Crippen LogP contribution is 2.27. The Hall–Kier alpha value is -1.70. The van der Waals surface area contributed by atoms with Gasteiger partial charge in [-0.1, -0.05) is 44.5 Å². The molecule has 0 amide bonds. The third kappa shape index (κ3) is 3.37. The molecule has 0 spiro atoms. The van der Waals surface area contributed by atoms with Gasteiger partial charge in [0.15, 0.2) is 0 Å². The second kappa shape index (κ2) is 6.60. The molecule has 1 aromatic carbocycles. The smallest absolute Gasteiger partial charge is 0.0688 e. The Morgan fingerprint density at radius 1 is 0.909 bits per heavy atom. The van der Waals surface area contributed by atoms with Crippen molar-refractivity contribution in [1.82, 2.24) is 10.2 Å². The van der Waals surface area contributed by atoms with E-state index in [9.17, 15) is 0 Å². The summed E-state index contributed by atoms with van der Waals surface area (Å²) in [6, 6.07) is 6.72. The molecule has 0 unspecified atom stereocenters. The minimum Gasteiger partial charge on any atom is -0.155 e. The zero-order valence-electron chi connectivity index (χ0n) is 15.0. The fraction of sp³-hybridized carbons (Fsp3) is 0.500. The van der Waals surface area contributed by atoms with E-state index in [4.69, 9.17) is 0 Å². The molecule has 0 aliphatic carbocycles. The summed E-state index contributed by atoms with van der Waals surface area (Å²) in [6.07, 6.45) is 0.946. The molecule has 0 aliphatic rings. The largest absolute Gasteiger partial charge is 0.155 e. The van der Waals surface area contributed by atoms with Crippen molar-refractivity contribution in [1.29, 1.82) is 0 Å². The van der Waals surface area contributed by atoms with Gasteiger partial charge in [0.2, 0.25) is 0 Å². The van der Waals surface area contributed by atoms with E-state index in [2.05, 4.69) is 76.9 Å². The molecule has 1 heterocycles. The highest BCUT2D eigenvalue weighted by molar-refractivity contribution is 5.36. The van der Waals surface area contributed by atoms with Crippen LogP contribution in [0.5, 0.6) is 0 Å². The van der Waals surface area contributed by atoms with Crippen LogP contribution in [-0.2, 0) is 6.42 Å². The van der Waals surface area contributed by atoms with Crippen LogP contribution in [0, 0.1) is 27.7 Å². The molecule has 2 heteroatoms. The number of aryl methyl sites for hydroxylation is 2. The van der Waals surface area contributed by atoms with Gasteiger partial charge in [-0.05, 0) is 68.2 Å². The molecule has 0 saturated heterocycles. The predicted molar refractivity (Wildman–Crippen MR) is 93.6 cm³/mol. The van der Waals surface area contributed by atoms with Gasteiger partial charge in [-0.25, -0.2) is 0 Å². The summed E-state index contributed by atoms with van der Waals surface area (Å²) in [6.45, 7) is 15.3. The van der Waals surface area contributed by atoms with Gasteiger partial charge in [-0.15, -0.1) is 0 Å². The lowest BCUT2D eigenvalue weighted by molar-refractivity contribution is 0.691. The van der Waals surface area contributed by atoms with Gasteiger partial charge < -0.3 is 0 Å². The van der Waals surface area contributed by atoms with Gasteiger partial charge in [0, 0.05) is 0 Å².